The molecule has 4 nitrogen and oxygen atoms in total. The maximum Gasteiger partial charge on any atom is 0.339 e. The predicted octanol–water partition coefficient (Wildman–Crippen LogP) is 3.12. The number of halogens is 1. The lowest BCUT2D eigenvalue weighted by molar-refractivity contribution is -0.116. The van der Waals surface area contributed by atoms with Crippen LogP contribution in [0.4, 0.5) is 4.39 Å². The molecule has 0 aliphatic heterocycles. The summed E-state index contributed by atoms with van der Waals surface area (Å²) in [4.78, 5) is 10.7. The number of hydrogen-bond donors (Lipinski definition) is 0. The summed E-state index contributed by atoms with van der Waals surface area (Å²) in [6.45, 7) is 1.52. The van der Waals surface area contributed by atoms with E-state index >= 15 is 0 Å². The average molecular weight is 322 g/mol. The quantitative estimate of drug-likeness (QED) is 0.767. The summed E-state index contributed by atoms with van der Waals surface area (Å²) in [5.41, 5.74) is 0.908. The van der Waals surface area contributed by atoms with Gasteiger partial charge >= 0.3 is 10.1 Å². The van der Waals surface area contributed by atoms with E-state index in [0.29, 0.717) is 12.8 Å². The Labute approximate surface area is 128 Å². The van der Waals surface area contributed by atoms with E-state index in [9.17, 15) is 17.6 Å². The molecule has 0 aromatic heterocycles. The minimum absolute atomic E-state index is 0.0917. The second-order valence-electron chi connectivity index (χ2n) is 4.84. The molecule has 0 unspecified atom stereocenters. The molecule has 22 heavy (non-hydrogen) atoms. The fraction of sp³-hybridized carbons (Fsp3) is 0.188. The van der Waals surface area contributed by atoms with Crippen molar-refractivity contribution in [3.63, 3.8) is 0 Å². The van der Waals surface area contributed by atoms with Crippen molar-refractivity contribution in [2.24, 2.45) is 0 Å². The Balaban J connectivity index is 2.11. The number of carbonyl (C=O) groups excluding carboxylic acids is 1. The van der Waals surface area contributed by atoms with Crippen LogP contribution >= 0.6 is 0 Å². The molecule has 0 atom stereocenters. The van der Waals surface area contributed by atoms with Gasteiger partial charge in [-0.1, -0.05) is 18.2 Å². The van der Waals surface area contributed by atoms with E-state index in [0.717, 1.165) is 17.7 Å². The van der Waals surface area contributed by atoms with Crippen LogP contribution in [0.1, 0.15) is 18.9 Å². The molecule has 0 fully saturated rings. The highest BCUT2D eigenvalue weighted by Crippen LogP contribution is 2.20. The smallest absolute Gasteiger partial charge is 0.339 e. The molecular weight excluding hydrogens is 307 g/mol. The van der Waals surface area contributed by atoms with Crippen LogP contribution in [0.5, 0.6) is 5.75 Å². The van der Waals surface area contributed by atoms with Crippen LogP contribution in [0, 0.1) is 5.82 Å². The lowest BCUT2D eigenvalue weighted by Gasteiger charge is -2.08. The van der Waals surface area contributed by atoms with Gasteiger partial charge in [-0.2, -0.15) is 8.42 Å². The average Bonchev–Trinajstić information content (AvgIpc) is 2.46. The molecule has 0 radical (unpaired) electrons. The Bertz CT molecular complexity index is 767. The molecule has 2 aromatic rings. The number of aryl methyl sites for hydroxylation is 1. The normalized spacial score (nSPS) is 11.2. The lowest BCUT2D eigenvalue weighted by atomic mass is 10.1. The van der Waals surface area contributed by atoms with Crippen molar-refractivity contribution in [3.8, 4) is 5.75 Å². The first-order chi connectivity index (χ1) is 10.4. The molecule has 0 saturated heterocycles. The van der Waals surface area contributed by atoms with E-state index in [4.69, 9.17) is 4.18 Å². The molecule has 0 saturated carbocycles. The molecule has 0 bridgehead atoms. The molecule has 2 aromatic carbocycles. The SMILES string of the molecule is CC(=O)CCc1ccc(OS(=O)(=O)c2cccc(F)c2)cc1. The molecule has 0 aliphatic carbocycles. The van der Waals surface area contributed by atoms with Gasteiger partial charge in [0.1, 0.15) is 22.2 Å². The Kier molecular flexibility index (Phi) is 4.92. The molecule has 2 rings (SSSR count). The van der Waals surface area contributed by atoms with E-state index in [2.05, 4.69) is 0 Å². The highest BCUT2D eigenvalue weighted by atomic mass is 32.2. The minimum Gasteiger partial charge on any atom is -0.379 e. The zero-order valence-electron chi connectivity index (χ0n) is 12.0. The van der Waals surface area contributed by atoms with Crippen molar-refractivity contribution in [2.75, 3.05) is 0 Å². The van der Waals surface area contributed by atoms with Gasteiger partial charge in [0.15, 0.2) is 0 Å². The van der Waals surface area contributed by atoms with Gasteiger partial charge in [0, 0.05) is 6.42 Å². The minimum atomic E-state index is -4.07. The van der Waals surface area contributed by atoms with Crippen LogP contribution in [0.2, 0.25) is 0 Å². The van der Waals surface area contributed by atoms with Gasteiger partial charge in [-0.05, 0) is 49.2 Å². The van der Waals surface area contributed by atoms with Crippen molar-refractivity contribution in [2.45, 2.75) is 24.7 Å². The van der Waals surface area contributed by atoms with Gasteiger partial charge in [-0.15, -0.1) is 0 Å². The third kappa shape index (κ3) is 4.39. The molecular formula is C16H15FO4S. The van der Waals surface area contributed by atoms with Crippen molar-refractivity contribution >= 4 is 15.9 Å². The molecule has 0 spiro atoms. The Morgan fingerprint density at radius 1 is 1.14 bits per heavy atom. The standard InChI is InChI=1S/C16H15FO4S/c1-12(18)5-6-13-7-9-15(10-8-13)21-22(19,20)16-4-2-3-14(17)11-16/h2-4,7-11H,5-6H2,1H3. The Morgan fingerprint density at radius 3 is 2.41 bits per heavy atom. The van der Waals surface area contributed by atoms with Gasteiger partial charge in [-0.25, -0.2) is 4.39 Å². The highest BCUT2D eigenvalue weighted by molar-refractivity contribution is 7.87. The lowest BCUT2D eigenvalue weighted by Crippen LogP contribution is -2.10. The summed E-state index contributed by atoms with van der Waals surface area (Å²) in [6.07, 6.45) is 1.02. The van der Waals surface area contributed by atoms with E-state index in [1.165, 1.54) is 31.2 Å². The number of benzene rings is 2. The summed E-state index contributed by atoms with van der Waals surface area (Å²) in [5, 5.41) is 0. The molecule has 0 N–H and O–H groups in total. The molecule has 6 heteroatoms. The maximum absolute atomic E-state index is 13.1. The number of ketones is 1. The van der Waals surface area contributed by atoms with E-state index in [1.807, 2.05) is 0 Å². The third-order valence-corrected chi connectivity index (χ3v) is 4.22. The number of rotatable bonds is 6. The Hall–Kier alpha value is -2.21. The van der Waals surface area contributed by atoms with Crippen LogP contribution in [-0.2, 0) is 21.3 Å². The predicted molar refractivity (Wildman–Crippen MR) is 79.7 cm³/mol. The first-order valence-electron chi connectivity index (χ1n) is 6.65. The highest BCUT2D eigenvalue weighted by Gasteiger charge is 2.17. The largest absolute Gasteiger partial charge is 0.379 e. The number of carbonyl (C=O) groups is 1. The fourth-order valence-corrected chi connectivity index (χ4v) is 2.79. The first kappa shape index (κ1) is 16.2. The van der Waals surface area contributed by atoms with Crippen molar-refractivity contribution < 1.29 is 21.8 Å². The summed E-state index contributed by atoms with van der Waals surface area (Å²) in [5.74, 6) is -0.422. The van der Waals surface area contributed by atoms with Crippen LogP contribution < -0.4 is 4.18 Å². The monoisotopic (exact) mass is 322 g/mol. The van der Waals surface area contributed by atoms with Gasteiger partial charge < -0.3 is 8.98 Å². The second kappa shape index (κ2) is 6.70. The van der Waals surface area contributed by atoms with Gasteiger partial charge in [0.25, 0.3) is 0 Å². The van der Waals surface area contributed by atoms with Gasteiger partial charge in [0.05, 0.1) is 0 Å². The van der Waals surface area contributed by atoms with E-state index in [-0.39, 0.29) is 16.4 Å². The number of Topliss-reactive ketones (excluding diaryl/α,β-unsaturated/α-hetero) is 1. The summed E-state index contributed by atoms with van der Waals surface area (Å²) in [6, 6.07) is 11.0. The van der Waals surface area contributed by atoms with Gasteiger partial charge in [-0.3, -0.25) is 0 Å². The zero-order valence-corrected chi connectivity index (χ0v) is 12.8. The van der Waals surface area contributed by atoms with Crippen LogP contribution in [0.3, 0.4) is 0 Å². The molecule has 0 amide bonds. The van der Waals surface area contributed by atoms with Crippen molar-refractivity contribution in [1.82, 2.24) is 0 Å². The maximum atomic E-state index is 13.1. The van der Waals surface area contributed by atoms with Gasteiger partial charge in [0.2, 0.25) is 0 Å². The Morgan fingerprint density at radius 2 is 1.82 bits per heavy atom. The second-order valence-corrected chi connectivity index (χ2v) is 6.39. The molecule has 0 aliphatic rings. The fourth-order valence-electron chi connectivity index (χ4n) is 1.83. The topological polar surface area (TPSA) is 60.4 Å². The number of hydrogen-bond acceptors (Lipinski definition) is 4. The molecule has 0 heterocycles. The van der Waals surface area contributed by atoms with Crippen LogP contribution in [0.15, 0.2) is 53.4 Å². The summed E-state index contributed by atoms with van der Waals surface area (Å²) >= 11 is 0. The third-order valence-electron chi connectivity index (χ3n) is 2.98. The molecule has 116 valence electrons. The van der Waals surface area contributed by atoms with E-state index < -0.39 is 15.9 Å². The first-order valence-corrected chi connectivity index (χ1v) is 8.06. The van der Waals surface area contributed by atoms with E-state index in [1.54, 1.807) is 12.1 Å². The summed E-state index contributed by atoms with van der Waals surface area (Å²) in [7, 11) is -4.07. The van der Waals surface area contributed by atoms with Crippen LogP contribution in [0.25, 0.3) is 0 Å². The van der Waals surface area contributed by atoms with Crippen molar-refractivity contribution in [3.05, 3.63) is 59.9 Å². The summed E-state index contributed by atoms with van der Waals surface area (Å²) < 4.78 is 42.1. The zero-order chi connectivity index (χ0) is 16.2. The van der Waals surface area contributed by atoms with Crippen LogP contribution in [-0.4, -0.2) is 14.2 Å². The van der Waals surface area contributed by atoms with Crippen molar-refractivity contribution in [1.29, 1.82) is 0 Å².